The number of carbonyl (C=O) groups excluding carboxylic acids is 1. The van der Waals surface area contributed by atoms with Crippen molar-refractivity contribution in [3.63, 3.8) is 0 Å². The summed E-state index contributed by atoms with van der Waals surface area (Å²) in [6, 6.07) is 6.96. The number of nitrogens with one attached hydrogen (secondary N) is 1. The van der Waals surface area contributed by atoms with Crippen LogP contribution in [0.1, 0.15) is 39.5 Å². The molecule has 106 valence electrons. The molecule has 1 rings (SSSR count). The SMILES string of the molecule is CCCCOc1cccc(NC(=O)C(N)CCC)c1. The Morgan fingerprint density at radius 3 is 2.84 bits per heavy atom. The maximum Gasteiger partial charge on any atom is 0.241 e. The fourth-order valence-electron chi connectivity index (χ4n) is 1.68. The topological polar surface area (TPSA) is 64.3 Å². The van der Waals surface area contributed by atoms with Crippen molar-refractivity contribution in [1.29, 1.82) is 0 Å². The smallest absolute Gasteiger partial charge is 0.241 e. The van der Waals surface area contributed by atoms with E-state index in [1.54, 1.807) is 0 Å². The third-order valence-corrected chi connectivity index (χ3v) is 2.80. The van der Waals surface area contributed by atoms with E-state index in [-0.39, 0.29) is 5.91 Å². The highest BCUT2D eigenvalue weighted by Crippen LogP contribution is 2.18. The van der Waals surface area contributed by atoms with Crippen molar-refractivity contribution in [1.82, 2.24) is 0 Å². The van der Waals surface area contributed by atoms with E-state index in [4.69, 9.17) is 10.5 Å². The fraction of sp³-hybridized carbons (Fsp3) is 0.533. The van der Waals surface area contributed by atoms with Gasteiger partial charge in [-0.15, -0.1) is 0 Å². The zero-order chi connectivity index (χ0) is 14.1. The van der Waals surface area contributed by atoms with Crippen LogP contribution in [0.5, 0.6) is 5.75 Å². The maximum atomic E-state index is 11.8. The van der Waals surface area contributed by atoms with Gasteiger partial charge < -0.3 is 15.8 Å². The molecule has 4 nitrogen and oxygen atoms in total. The molecule has 0 aliphatic heterocycles. The van der Waals surface area contributed by atoms with Crippen LogP contribution in [0.4, 0.5) is 5.69 Å². The number of anilines is 1. The summed E-state index contributed by atoms with van der Waals surface area (Å²) >= 11 is 0. The zero-order valence-corrected chi connectivity index (χ0v) is 11.8. The van der Waals surface area contributed by atoms with Crippen LogP contribution in [0.25, 0.3) is 0 Å². The Morgan fingerprint density at radius 1 is 1.37 bits per heavy atom. The minimum absolute atomic E-state index is 0.146. The molecular weight excluding hydrogens is 240 g/mol. The third-order valence-electron chi connectivity index (χ3n) is 2.80. The molecule has 0 aromatic heterocycles. The van der Waals surface area contributed by atoms with E-state index in [9.17, 15) is 4.79 Å². The summed E-state index contributed by atoms with van der Waals surface area (Å²) in [6.45, 7) is 4.83. The summed E-state index contributed by atoms with van der Waals surface area (Å²) in [5, 5.41) is 2.81. The van der Waals surface area contributed by atoms with Crippen molar-refractivity contribution < 1.29 is 9.53 Å². The molecule has 0 fully saturated rings. The van der Waals surface area contributed by atoms with E-state index in [0.29, 0.717) is 13.0 Å². The highest BCUT2D eigenvalue weighted by molar-refractivity contribution is 5.94. The molecule has 0 bridgehead atoms. The predicted molar refractivity (Wildman–Crippen MR) is 78.4 cm³/mol. The van der Waals surface area contributed by atoms with Gasteiger partial charge in [0.05, 0.1) is 12.6 Å². The number of amides is 1. The van der Waals surface area contributed by atoms with E-state index in [2.05, 4.69) is 12.2 Å². The summed E-state index contributed by atoms with van der Waals surface area (Å²) < 4.78 is 5.59. The highest BCUT2D eigenvalue weighted by Gasteiger charge is 2.12. The second-order valence-electron chi connectivity index (χ2n) is 4.61. The maximum absolute atomic E-state index is 11.8. The number of nitrogens with two attached hydrogens (primary N) is 1. The van der Waals surface area contributed by atoms with Crippen molar-refractivity contribution in [3.05, 3.63) is 24.3 Å². The molecule has 0 saturated heterocycles. The Bertz CT molecular complexity index is 393. The second kappa shape index (κ2) is 8.53. The Hall–Kier alpha value is -1.55. The van der Waals surface area contributed by atoms with Gasteiger partial charge >= 0.3 is 0 Å². The van der Waals surface area contributed by atoms with Crippen LogP contribution in [0.3, 0.4) is 0 Å². The number of rotatable bonds is 8. The minimum atomic E-state index is -0.449. The summed E-state index contributed by atoms with van der Waals surface area (Å²) in [4.78, 5) is 11.8. The summed E-state index contributed by atoms with van der Waals surface area (Å²) in [7, 11) is 0. The molecular formula is C15H24N2O2. The van der Waals surface area contributed by atoms with Gasteiger partial charge in [-0.1, -0.05) is 32.8 Å². The van der Waals surface area contributed by atoms with Crippen molar-refractivity contribution >= 4 is 11.6 Å². The fourth-order valence-corrected chi connectivity index (χ4v) is 1.68. The largest absolute Gasteiger partial charge is 0.494 e. The lowest BCUT2D eigenvalue weighted by atomic mass is 10.1. The molecule has 1 atom stereocenters. The Kier molecular flexibility index (Phi) is 6.97. The van der Waals surface area contributed by atoms with Crippen molar-refractivity contribution in [2.24, 2.45) is 5.73 Å². The van der Waals surface area contributed by atoms with E-state index in [1.807, 2.05) is 31.2 Å². The number of ether oxygens (including phenoxy) is 1. The molecule has 0 aliphatic rings. The molecule has 0 heterocycles. The van der Waals surface area contributed by atoms with Crippen LogP contribution < -0.4 is 15.8 Å². The van der Waals surface area contributed by atoms with Gasteiger partial charge in [-0.25, -0.2) is 0 Å². The molecule has 4 heteroatoms. The first-order valence-corrected chi connectivity index (χ1v) is 6.96. The zero-order valence-electron chi connectivity index (χ0n) is 11.8. The van der Waals surface area contributed by atoms with Gasteiger partial charge in [0, 0.05) is 11.8 Å². The number of hydrogen-bond donors (Lipinski definition) is 2. The summed E-state index contributed by atoms with van der Waals surface area (Å²) in [5.74, 6) is 0.628. The molecule has 1 aromatic carbocycles. The molecule has 0 radical (unpaired) electrons. The normalized spacial score (nSPS) is 11.9. The number of hydrogen-bond acceptors (Lipinski definition) is 3. The van der Waals surface area contributed by atoms with Crippen molar-refractivity contribution in [2.75, 3.05) is 11.9 Å². The van der Waals surface area contributed by atoms with Crippen LogP contribution in [-0.4, -0.2) is 18.6 Å². The van der Waals surface area contributed by atoms with E-state index >= 15 is 0 Å². The number of benzene rings is 1. The average Bonchev–Trinajstić information content (AvgIpc) is 2.40. The van der Waals surface area contributed by atoms with Crippen LogP contribution >= 0.6 is 0 Å². The lowest BCUT2D eigenvalue weighted by Gasteiger charge is -2.12. The Labute approximate surface area is 115 Å². The van der Waals surface area contributed by atoms with Gasteiger partial charge in [0.1, 0.15) is 5.75 Å². The first-order chi connectivity index (χ1) is 9.17. The van der Waals surface area contributed by atoms with Gasteiger partial charge in [-0.2, -0.15) is 0 Å². The van der Waals surface area contributed by atoms with Crippen LogP contribution in [-0.2, 0) is 4.79 Å². The second-order valence-corrected chi connectivity index (χ2v) is 4.61. The van der Waals surface area contributed by atoms with Crippen LogP contribution in [0.15, 0.2) is 24.3 Å². The van der Waals surface area contributed by atoms with E-state index in [1.165, 1.54) is 0 Å². The molecule has 0 saturated carbocycles. The Morgan fingerprint density at radius 2 is 2.16 bits per heavy atom. The molecule has 19 heavy (non-hydrogen) atoms. The standard InChI is InChI=1S/C15H24N2O2/c1-3-5-10-19-13-9-6-8-12(11-13)17-15(18)14(16)7-4-2/h6,8-9,11,14H,3-5,7,10,16H2,1-2H3,(H,17,18). The van der Waals surface area contributed by atoms with Crippen LogP contribution in [0, 0.1) is 0 Å². The van der Waals surface area contributed by atoms with E-state index in [0.717, 1.165) is 30.7 Å². The highest BCUT2D eigenvalue weighted by atomic mass is 16.5. The quantitative estimate of drug-likeness (QED) is 0.709. The minimum Gasteiger partial charge on any atom is -0.494 e. The van der Waals surface area contributed by atoms with Gasteiger partial charge in [0.15, 0.2) is 0 Å². The van der Waals surface area contributed by atoms with E-state index < -0.39 is 6.04 Å². The third kappa shape index (κ3) is 5.75. The predicted octanol–water partition coefficient (Wildman–Crippen LogP) is 2.93. The van der Waals surface area contributed by atoms with Crippen molar-refractivity contribution in [2.45, 2.75) is 45.6 Å². The Balaban J connectivity index is 2.54. The average molecular weight is 264 g/mol. The molecule has 1 amide bonds. The molecule has 0 spiro atoms. The lowest BCUT2D eigenvalue weighted by Crippen LogP contribution is -2.35. The molecule has 3 N–H and O–H groups in total. The van der Waals surface area contributed by atoms with Gasteiger partial charge in [-0.05, 0) is 25.0 Å². The van der Waals surface area contributed by atoms with Crippen LogP contribution in [0.2, 0.25) is 0 Å². The van der Waals surface area contributed by atoms with Gasteiger partial charge in [0.25, 0.3) is 0 Å². The molecule has 1 aromatic rings. The van der Waals surface area contributed by atoms with Gasteiger partial charge in [0.2, 0.25) is 5.91 Å². The first kappa shape index (κ1) is 15.5. The number of carbonyl (C=O) groups is 1. The summed E-state index contributed by atoms with van der Waals surface area (Å²) in [6.07, 6.45) is 3.72. The monoisotopic (exact) mass is 264 g/mol. The molecule has 0 aliphatic carbocycles. The lowest BCUT2D eigenvalue weighted by molar-refractivity contribution is -0.117. The summed E-state index contributed by atoms with van der Waals surface area (Å²) in [5.41, 5.74) is 6.50. The van der Waals surface area contributed by atoms with Gasteiger partial charge in [-0.3, -0.25) is 4.79 Å². The molecule has 1 unspecified atom stereocenters. The number of unbranched alkanes of at least 4 members (excludes halogenated alkanes) is 1. The first-order valence-electron chi connectivity index (χ1n) is 6.96. The van der Waals surface area contributed by atoms with Crippen molar-refractivity contribution in [3.8, 4) is 5.75 Å².